The molecule has 0 bridgehead atoms. The molecule has 0 aliphatic heterocycles. The van der Waals surface area contributed by atoms with Crippen molar-refractivity contribution in [2.75, 3.05) is 0 Å². The first-order valence-corrected chi connectivity index (χ1v) is 43.0. The highest BCUT2D eigenvalue weighted by atomic mass is 16.3. The number of benzene rings is 18. The minimum Gasteiger partial charge on any atom is -0.456 e. The summed E-state index contributed by atoms with van der Waals surface area (Å²) in [5.74, 6) is 1.95. The third-order valence-electron chi connectivity index (χ3n) is 27.0. The zero-order valence-corrected chi connectivity index (χ0v) is 67.6. The molecule has 21 aromatic carbocycles. The predicted molar refractivity (Wildman–Crippen MR) is 520 cm³/mol. The van der Waals surface area contributed by atoms with E-state index in [0.29, 0.717) is 17.8 Å². The fraction of sp³-hybridized carbons (Fsp3) is 0. The standard InChI is InChI=1S/2C38H19N3O2.C38H21N3O/c1-2-8-20(9-3-1)37-23-10-4-5-13-24(23)39-38(40-37)41-25-16-18-29-35-31-21(11-6-14-27(31)42-29)22-12-7-15-28-32(22)36-30(43-28)19-17-26(41)34(36)33(25)35;1-2-8-20(9-3-1)37-23-10-4-5-13-24(23)39-38(40-37)41-25-14-6-11-21-22-12-7-15-27-32(22)34-29(42-27)18-19-30-36(34)35-28(43-30)17-16-26(41)33(35)31(21)25;1-2-10-22(11-3-1)37-27-12-4-5-17-28(27)39-38(40-37)41-29-18-6-13-23-25-15-8-20-31-35(25)36-26(16-9-21-32(36)42-31)24-14-7-19-30(41)34(24)33(23)29/h2*1-19H;1-21H. The molecule has 0 aliphatic carbocycles. The van der Waals surface area contributed by atoms with Gasteiger partial charge in [-0.15, -0.1) is 0 Å². The number of rotatable bonds is 6. The molecule has 0 unspecified atom stereocenters. The highest BCUT2D eigenvalue weighted by Crippen LogP contribution is 2.54. The van der Waals surface area contributed by atoms with Gasteiger partial charge in [0, 0.05) is 119 Å². The molecule has 0 spiro atoms. The van der Waals surface area contributed by atoms with Crippen molar-refractivity contribution >= 4 is 251 Å². The smallest absolute Gasteiger partial charge is 0.235 e. The molecule has 0 amide bonds. The molecule has 11 aromatic heterocycles. The molecule has 0 saturated heterocycles. The number of furan rings is 5. The first kappa shape index (κ1) is 68.0. The average Bonchev–Trinajstić information content (AvgIpc) is 1.53. The lowest BCUT2D eigenvalue weighted by Crippen LogP contribution is -2.03. The lowest BCUT2D eigenvalue weighted by Gasteiger charge is -2.11. The van der Waals surface area contributed by atoms with Gasteiger partial charge in [-0.3, -0.25) is 13.7 Å². The van der Waals surface area contributed by atoms with E-state index >= 15 is 0 Å². The second-order valence-electron chi connectivity index (χ2n) is 33.6. The van der Waals surface area contributed by atoms with E-state index in [2.05, 4.69) is 311 Å². The van der Waals surface area contributed by atoms with E-state index in [1.54, 1.807) is 0 Å². The van der Waals surface area contributed by atoms with Crippen molar-refractivity contribution < 1.29 is 22.1 Å². The second kappa shape index (κ2) is 25.1. The van der Waals surface area contributed by atoms with Gasteiger partial charge in [0.25, 0.3) is 0 Å². The van der Waals surface area contributed by atoms with Crippen LogP contribution in [-0.2, 0) is 0 Å². The van der Waals surface area contributed by atoms with Crippen LogP contribution in [0.1, 0.15) is 0 Å². The van der Waals surface area contributed by atoms with Crippen molar-refractivity contribution in [3.8, 4) is 51.6 Å². The van der Waals surface area contributed by atoms with Crippen molar-refractivity contribution in [2.45, 2.75) is 0 Å². The van der Waals surface area contributed by atoms with Gasteiger partial charge in [0.2, 0.25) is 17.8 Å². The normalized spacial score (nSPS) is 12.5. The van der Waals surface area contributed by atoms with Crippen LogP contribution in [0.25, 0.3) is 303 Å². The van der Waals surface area contributed by atoms with Crippen molar-refractivity contribution in [3.05, 3.63) is 358 Å². The third-order valence-corrected chi connectivity index (χ3v) is 27.0. The largest absolute Gasteiger partial charge is 0.456 e. The topological polar surface area (TPSA) is 158 Å². The SMILES string of the molecule is c1ccc(-c2nc(-n3c4ccc5oc6cccc7c8cccc9oc%10ccc3c(c%10c98)c4c5c67)nc3ccccc23)cc1.c1ccc(-c2nc(-n3c4cccc5c6cccc7oc8ccc9oc%10ccc3c(c%10c9c8c76)c54)nc3ccccc23)cc1.c1ccc(-c2nc(-n3c4cccc5c6cccc7oc8cccc(c9cccc3c9c54)c8c76)nc3ccccc23)cc1. The van der Waals surface area contributed by atoms with E-state index in [4.69, 9.17) is 52.0 Å². The van der Waals surface area contributed by atoms with Gasteiger partial charge in [0.1, 0.15) is 55.8 Å². The molecule has 0 saturated carbocycles. The molecule has 11 heterocycles. The van der Waals surface area contributed by atoms with Gasteiger partial charge in [0.15, 0.2) is 0 Å². The van der Waals surface area contributed by atoms with Crippen LogP contribution in [0.2, 0.25) is 0 Å². The van der Waals surface area contributed by atoms with E-state index in [-0.39, 0.29) is 0 Å². The van der Waals surface area contributed by atoms with E-state index < -0.39 is 0 Å². The van der Waals surface area contributed by atoms with Crippen LogP contribution in [0, 0.1) is 0 Å². The van der Waals surface area contributed by atoms with Gasteiger partial charge < -0.3 is 22.1 Å². The molecule has 0 aliphatic rings. The Morgan fingerprint density at radius 3 is 0.656 bits per heavy atom. The number of aromatic nitrogens is 9. The molecule has 0 atom stereocenters. The van der Waals surface area contributed by atoms with Crippen molar-refractivity contribution in [1.29, 1.82) is 0 Å². The van der Waals surface area contributed by atoms with Crippen molar-refractivity contribution in [3.63, 3.8) is 0 Å². The molecule has 32 rings (SSSR count). The number of para-hydroxylation sites is 3. The summed E-state index contributed by atoms with van der Waals surface area (Å²) < 4.78 is 39.1. The molecule has 0 radical (unpaired) electrons. The molecular formula is C114H59N9O5. The quantitative estimate of drug-likeness (QED) is 0.156. The fourth-order valence-electron chi connectivity index (χ4n) is 22.0. The van der Waals surface area contributed by atoms with Crippen LogP contribution in [0.5, 0.6) is 0 Å². The van der Waals surface area contributed by atoms with Crippen LogP contribution in [0.3, 0.4) is 0 Å². The Kier molecular flexibility index (Phi) is 13.3. The summed E-state index contributed by atoms with van der Waals surface area (Å²) in [4.78, 5) is 31.4. The van der Waals surface area contributed by atoms with Gasteiger partial charge in [-0.25, -0.2) is 29.9 Å². The minimum atomic E-state index is 0.636. The molecule has 0 N–H and O–H groups in total. The average molecular weight is 1630 g/mol. The first-order chi connectivity index (χ1) is 63.5. The Bertz CT molecular complexity index is 10100. The van der Waals surface area contributed by atoms with E-state index in [9.17, 15) is 0 Å². The van der Waals surface area contributed by atoms with Gasteiger partial charge in [0.05, 0.1) is 66.7 Å². The van der Waals surface area contributed by atoms with E-state index in [1.807, 2.05) is 60.7 Å². The molecule has 14 nitrogen and oxygen atoms in total. The zero-order chi connectivity index (χ0) is 83.0. The Balaban J connectivity index is 0.0000000932. The predicted octanol–water partition coefficient (Wildman–Crippen LogP) is 30.5. The lowest BCUT2D eigenvalue weighted by molar-refractivity contribution is 0.663. The van der Waals surface area contributed by atoms with Crippen LogP contribution in [0.4, 0.5) is 0 Å². The molecule has 32 aromatic rings. The molecule has 14 heteroatoms. The summed E-state index contributed by atoms with van der Waals surface area (Å²) >= 11 is 0. The summed E-state index contributed by atoms with van der Waals surface area (Å²) in [6, 6.07) is 124. The Morgan fingerprint density at radius 2 is 0.344 bits per heavy atom. The van der Waals surface area contributed by atoms with Gasteiger partial charge in [-0.05, 0) is 158 Å². The third kappa shape index (κ3) is 9.06. The highest BCUT2D eigenvalue weighted by molar-refractivity contribution is 6.44. The van der Waals surface area contributed by atoms with Crippen LogP contribution in [0.15, 0.2) is 380 Å². The van der Waals surface area contributed by atoms with Gasteiger partial charge >= 0.3 is 0 Å². The van der Waals surface area contributed by atoms with Crippen molar-refractivity contribution in [1.82, 2.24) is 43.6 Å². The Hall–Kier alpha value is -17.6. The second-order valence-corrected chi connectivity index (χ2v) is 33.6. The summed E-state index contributed by atoms with van der Waals surface area (Å²) in [5.41, 5.74) is 23.8. The molecule has 128 heavy (non-hydrogen) atoms. The molecule has 590 valence electrons. The van der Waals surface area contributed by atoms with Crippen LogP contribution < -0.4 is 0 Å². The van der Waals surface area contributed by atoms with E-state index in [1.165, 1.54) is 48.5 Å². The monoisotopic (exact) mass is 1630 g/mol. The highest BCUT2D eigenvalue weighted by Gasteiger charge is 2.32. The fourth-order valence-corrected chi connectivity index (χ4v) is 22.0. The minimum absolute atomic E-state index is 0.636. The maximum absolute atomic E-state index is 6.52. The van der Waals surface area contributed by atoms with Crippen molar-refractivity contribution in [2.24, 2.45) is 0 Å². The maximum Gasteiger partial charge on any atom is 0.235 e. The zero-order valence-electron chi connectivity index (χ0n) is 67.6. The Labute approximate surface area is 721 Å². The number of hydrogen-bond donors (Lipinski definition) is 0. The van der Waals surface area contributed by atoms with E-state index in [0.717, 1.165) is 236 Å². The lowest BCUT2D eigenvalue weighted by atomic mass is 9.95. The number of fused-ring (bicyclic) bond motifs is 7. The van der Waals surface area contributed by atoms with Gasteiger partial charge in [-0.1, -0.05) is 243 Å². The molecular weight excluding hydrogens is 1580 g/mol. The van der Waals surface area contributed by atoms with Crippen LogP contribution in [-0.4, -0.2) is 43.6 Å². The van der Waals surface area contributed by atoms with Crippen LogP contribution >= 0.6 is 0 Å². The summed E-state index contributed by atoms with van der Waals surface area (Å²) in [7, 11) is 0. The van der Waals surface area contributed by atoms with Gasteiger partial charge in [-0.2, -0.15) is 0 Å². The summed E-state index contributed by atoms with van der Waals surface area (Å²) in [6.45, 7) is 0. The Morgan fingerprint density at radius 1 is 0.141 bits per heavy atom. The number of hydrogen-bond acceptors (Lipinski definition) is 11. The maximum atomic E-state index is 6.52. The molecule has 0 fully saturated rings. The first-order valence-electron chi connectivity index (χ1n) is 43.0. The summed E-state index contributed by atoms with van der Waals surface area (Å²) in [6.07, 6.45) is 0. The number of nitrogens with zero attached hydrogens (tertiary/aromatic N) is 9. The summed E-state index contributed by atoms with van der Waals surface area (Å²) in [5, 5.41) is 30.7.